The Morgan fingerprint density at radius 3 is 2.53 bits per heavy atom. The first-order valence-corrected chi connectivity index (χ1v) is 10.2. The van der Waals surface area contributed by atoms with E-state index < -0.39 is 11.7 Å². The maximum Gasteiger partial charge on any atom is 0.417 e. The third-order valence-electron chi connectivity index (χ3n) is 5.52. The number of nitrogens with zero attached hydrogens (tertiary/aromatic N) is 1. The molecular weight excluding hydrogens is 417 g/mol. The van der Waals surface area contributed by atoms with Gasteiger partial charge < -0.3 is 19.7 Å². The number of hydrogen-bond acceptors (Lipinski definition) is 4. The van der Waals surface area contributed by atoms with Crippen LogP contribution in [0.1, 0.15) is 18.1 Å². The van der Waals surface area contributed by atoms with Gasteiger partial charge in [0.05, 0.1) is 24.8 Å². The predicted molar refractivity (Wildman–Crippen MR) is 113 cm³/mol. The molecule has 0 aromatic heterocycles. The maximum absolute atomic E-state index is 13.2. The molecule has 0 spiro atoms. The fraction of sp³-hybridized carbons (Fsp3) is 0.455. The second-order valence-electron chi connectivity index (χ2n) is 7.54. The summed E-state index contributed by atoms with van der Waals surface area (Å²) in [5, 5.41) is 3.22. The molecule has 8 heteroatoms. The molecular formula is C22H26ClF3N2O2. The summed E-state index contributed by atoms with van der Waals surface area (Å²) in [6, 6.07) is 10.1. The molecule has 1 unspecified atom stereocenters. The predicted octanol–water partition coefficient (Wildman–Crippen LogP) is 5.03. The van der Waals surface area contributed by atoms with Crippen molar-refractivity contribution in [3.8, 4) is 11.5 Å². The minimum absolute atomic E-state index is 0.136. The van der Waals surface area contributed by atoms with Gasteiger partial charge in [0.15, 0.2) is 11.5 Å². The normalized spacial score (nSPS) is 18.2. The van der Waals surface area contributed by atoms with Crippen molar-refractivity contribution in [3.05, 3.63) is 52.5 Å². The third-order valence-corrected chi connectivity index (χ3v) is 5.85. The number of ether oxygens (including phenoxy) is 2. The van der Waals surface area contributed by atoms with Crippen LogP contribution < -0.4 is 19.7 Å². The van der Waals surface area contributed by atoms with E-state index in [4.69, 9.17) is 21.1 Å². The SMILES string of the molecule is COc1ccc(CC(C)[C@@H]2CN(c3ccc(Cl)c(C(F)(F)F)c3)CCN2)cc1OC. The molecule has 2 aromatic carbocycles. The molecule has 0 bridgehead atoms. The monoisotopic (exact) mass is 442 g/mol. The number of anilines is 1. The van der Waals surface area contributed by atoms with Gasteiger partial charge in [0, 0.05) is 31.4 Å². The molecule has 3 rings (SSSR count). The van der Waals surface area contributed by atoms with Crippen molar-refractivity contribution in [2.24, 2.45) is 5.92 Å². The summed E-state index contributed by atoms with van der Waals surface area (Å²) in [5.41, 5.74) is 0.858. The highest BCUT2D eigenvalue weighted by Gasteiger charge is 2.34. The number of nitrogens with one attached hydrogen (secondary N) is 1. The van der Waals surface area contributed by atoms with Crippen molar-refractivity contribution in [2.75, 3.05) is 38.8 Å². The number of alkyl halides is 3. The molecule has 0 amide bonds. The topological polar surface area (TPSA) is 33.7 Å². The van der Waals surface area contributed by atoms with E-state index in [0.29, 0.717) is 36.8 Å². The van der Waals surface area contributed by atoms with Gasteiger partial charge >= 0.3 is 6.18 Å². The minimum atomic E-state index is -4.47. The molecule has 30 heavy (non-hydrogen) atoms. The summed E-state index contributed by atoms with van der Waals surface area (Å²) >= 11 is 5.77. The Bertz CT molecular complexity index is 876. The Morgan fingerprint density at radius 1 is 1.13 bits per heavy atom. The zero-order chi connectivity index (χ0) is 21.9. The molecule has 2 atom stereocenters. The second-order valence-corrected chi connectivity index (χ2v) is 7.95. The first-order valence-electron chi connectivity index (χ1n) is 9.79. The summed E-state index contributed by atoms with van der Waals surface area (Å²) in [5.74, 6) is 1.63. The summed E-state index contributed by atoms with van der Waals surface area (Å²) in [4.78, 5) is 1.98. The molecule has 1 N–H and O–H groups in total. The van der Waals surface area contributed by atoms with Crippen molar-refractivity contribution < 1.29 is 22.6 Å². The fourth-order valence-corrected chi connectivity index (χ4v) is 4.07. The summed E-state index contributed by atoms with van der Waals surface area (Å²) in [7, 11) is 3.20. The summed E-state index contributed by atoms with van der Waals surface area (Å²) < 4.78 is 50.3. The number of rotatable bonds is 6. The van der Waals surface area contributed by atoms with Gasteiger partial charge in [0.2, 0.25) is 0 Å². The largest absolute Gasteiger partial charge is 0.493 e. The van der Waals surface area contributed by atoms with E-state index in [2.05, 4.69) is 12.2 Å². The molecule has 4 nitrogen and oxygen atoms in total. The molecule has 1 aliphatic heterocycles. The molecule has 1 saturated heterocycles. The van der Waals surface area contributed by atoms with E-state index in [1.54, 1.807) is 20.3 Å². The van der Waals surface area contributed by atoms with Crippen LogP contribution in [0.4, 0.5) is 18.9 Å². The number of hydrogen-bond donors (Lipinski definition) is 1. The first kappa shape index (κ1) is 22.6. The van der Waals surface area contributed by atoms with Crippen molar-refractivity contribution in [1.29, 1.82) is 0 Å². The average Bonchev–Trinajstić information content (AvgIpc) is 2.73. The smallest absolute Gasteiger partial charge is 0.417 e. The quantitative estimate of drug-likeness (QED) is 0.680. The molecule has 0 aliphatic carbocycles. The van der Waals surface area contributed by atoms with E-state index >= 15 is 0 Å². The van der Waals surface area contributed by atoms with E-state index in [1.807, 2.05) is 23.1 Å². The van der Waals surface area contributed by atoms with Gasteiger partial charge in [-0.2, -0.15) is 13.2 Å². The van der Waals surface area contributed by atoms with Crippen LogP contribution in [0.2, 0.25) is 5.02 Å². The van der Waals surface area contributed by atoms with Crippen molar-refractivity contribution in [2.45, 2.75) is 25.6 Å². The van der Waals surface area contributed by atoms with Gasteiger partial charge in [-0.3, -0.25) is 0 Å². The van der Waals surface area contributed by atoms with Crippen molar-refractivity contribution in [3.63, 3.8) is 0 Å². The van der Waals surface area contributed by atoms with Crippen molar-refractivity contribution in [1.82, 2.24) is 5.32 Å². The highest BCUT2D eigenvalue weighted by atomic mass is 35.5. The minimum Gasteiger partial charge on any atom is -0.493 e. The number of piperazine rings is 1. The molecule has 1 aliphatic rings. The molecule has 2 aromatic rings. The molecule has 164 valence electrons. The van der Waals surface area contributed by atoms with Crippen LogP contribution in [-0.4, -0.2) is 39.9 Å². The van der Waals surface area contributed by atoms with Gasteiger partial charge in [0.1, 0.15) is 0 Å². The fourth-order valence-electron chi connectivity index (χ4n) is 3.84. The maximum atomic E-state index is 13.2. The number of benzene rings is 2. The average molecular weight is 443 g/mol. The van der Waals surface area contributed by atoms with Gasteiger partial charge in [-0.1, -0.05) is 24.6 Å². The Balaban J connectivity index is 1.72. The number of halogens is 4. The lowest BCUT2D eigenvalue weighted by molar-refractivity contribution is -0.137. The van der Waals surface area contributed by atoms with Crippen LogP contribution in [0.15, 0.2) is 36.4 Å². The Morgan fingerprint density at radius 2 is 1.87 bits per heavy atom. The van der Waals surface area contributed by atoms with Crippen LogP contribution in [0, 0.1) is 5.92 Å². The lowest BCUT2D eigenvalue weighted by Crippen LogP contribution is -2.53. The van der Waals surface area contributed by atoms with Crippen LogP contribution >= 0.6 is 11.6 Å². The Kier molecular flexibility index (Phi) is 7.03. The van der Waals surface area contributed by atoms with Gasteiger partial charge in [0.25, 0.3) is 0 Å². The zero-order valence-electron chi connectivity index (χ0n) is 17.2. The van der Waals surface area contributed by atoms with Crippen LogP contribution in [0.5, 0.6) is 11.5 Å². The second kappa shape index (κ2) is 9.35. The standard InChI is InChI=1S/C22H26ClF3N2O2/c1-14(10-15-4-7-20(29-2)21(11-15)30-3)19-13-28(9-8-27-19)16-5-6-18(23)17(12-16)22(24,25)26/h4-7,11-12,14,19,27H,8-10,13H2,1-3H3/t14?,19-/m0/s1. The number of methoxy groups -OCH3 is 2. The summed E-state index contributed by atoms with van der Waals surface area (Å²) in [6.45, 7) is 4.09. The highest BCUT2D eigenvalue weighted by Crippen LogP contribution is 2.37. The molecule has 0 radical (unpaired) electrons. The van der Waals surface area contributed by atoms with Gasteiger partial charge in [-0.05, 0) is 48.2 Å². The molecule has 1 fully saturated rings. The van der Waals surface area contributed by atoms with Crippen molar-refractivity contribution >= 4 is 17.3 Å². The lowest BCUT2D eigenvalue weighted by atomic mass is 9.92. The molecule has 1 heterocycles. The van der Waals surface area contributed by atoms with E-state index in [-0.39, 0.29) is 17.0 Å². The van der Waals surface area contributed by atoms with Gasteiger partial charge in [-0.15, -0.1) is 0 Å². The lowest BCUT2D eigenvalue weighted by Gasteiger charge is -2.38. The van der Waals surface area contributed by atoms with Crippen LogP contribution in [-0.2, 0) is 12.6 Å². The van der Waals surface area contributed by atoms with Crippen LogP contribution in [0.25, 0.3) is 0 Å². The third kappa shape index (κ3) is 5.13. The first-order chi connectivity index (χ1) is 14.2. The van der Waals surface area contributed by atoms with Crippen LogP contribution in [0.3, 0.4) is 0 Å². The summed E-state index contributed by atoms with van der Waals surface area (Å²) in [6.07, 6.45) is -3.67. The van der Waals surface area contributed by atoms with Gasteiger partial charge in [-0.25, -0.2) is 0 Å². The van der Waals surface area contributed by atoms with E-state index in [9.17, 15) is 13.2 Å². The van der Waals surface area contributed by atoms with E-state index in [1.165, 1.54) is 6.07 Å². The highest BCUT2D eigenvalue weighted by molar-refractivity contribution is 6.31. The van der Waals surface area contributed by atoms with E-state index in [0.717, 1.165) is 18.1 Å². The zero-order valence-corrected chi connectivity index (χ0v) is 18.0. The Hall–Kier alpha value is -2.12. The Labute approximate surface area is 179 Å². The molecule has 0 saturated carbocycles.